The second-order valence-corrected chi connectivity index (χ2v) is 6.48. The highest BCUT2D eigenvalue weighted by Crippen LogP contribution is 2.23. The third kappa shape index (κ3) is 3.17. The van der Waals surface area contributed by atoms with Crippen molar-refractivity contribution in [2.24, 2.45) is 0 Å². The third-order valence-corrected chi connectivity index (χ3v) is 4.60. The van der Waals surface area contributed by atoms with Gasteiger partial charge in [0.2, 0.25) is 10.0 Å². The number of hydrogen-bond donors (Lipinski definition) is 3. The quantitative estimate of drug-likeness (QED) is 0.781. The van der Waals surface area contributed by atoms with Crippen molar-refractivity contribution in [3.8, 4) is 0 Å². The molecular weight excluding hydrogens is 296 g/mol. The Bertz CT molecular complexity index is 772. The molecule has 0 saturated carbocycles. The molecule has 0 aliphatic rings. The van der Waals surface area contributed by atoms with Gasteiger partial charge in [-0.1, -0.05) is 0 Å². The van der Waals surface area contributed by atoms with E-state index in [-0.39, 0.29) is 10.6 Å². The van der Waals surface area contributed by atoms with Crippen molar-refractivity contribution in [3.63, 3.8) is 0 Å². The van der Waals surface area contributed by atoms with Crippen LogP contribution in [0.5, 0.6) is 0 Å². The molecule has 0 aromatic carbocycles. The molecule has 0 fully saturated rings. The number of hydrogen-bond acceptors (Lipinski definition) is 4. The highest BCUT2D eigenvalue weighted by molar-refractivity contribution is 7.89. The number of aromatic carboxylic acids is 1. The molecule has 0 saturated heterocycles. The summed E-state index contributed by atoms with van der Waals surface area (Å²) in [7, 11) is -3.81. The number of carboxylic acids is 1. The van der Waals surface area contributed by atoms with E-state index in [1.807, 2.05) is 0 Å². The standard InChI is InChI=1S/C13H16N2O5S/c1-7-4-11(9(3)20-7)8(2)15-21(18,19)10-5-12(13(16)17)14-6-10/h4-6,8,14-15H,1-3H3,(H,16,17). The Morgan fingerprint density at radius 1 is 1.38 bits per heavy atom. The maximum atomic E-state index is 12.2. The number of aryl methyl sites for hydroxylation is 2. The Labute approximate surface area is 122 Å². The smallest absolute Gasteiger partial charge is 0.352 e. The van der Waals surface area contributed by atoms with E-state index in [9.17, 15) is 13.2 Å². The fourth-order valence-corrected chi connectivity index (χ4v) is 3.31. The lowest BCUT2D eigenvalue weighted by Gasteiger charge is -2.12. The third-order valence-electron chi connectivity index (χ3n) is 3.08. The minimum atomic E-state index is -3.81. The first-order chi connectivity index (χ1) is 9.70. The molecule has 21 heavy (non-hydrogen) atoms. The summed E-state index contributed by atoms with van der Waals surface area (Å²) >= 11 is 0. The first-order valence-corrected chi connectivity index (χ1v) is 7.70. The van der Waals surface area contributed by atoms with Crippen LogP contribution in [0.3, 0.4) is 0 Å². The number of furan rings is 1. The van der Waals surface area contributed by atoms with Gasteiger partial charge in [0.15, 0.2) is 0 Å². The van der Waals surface area contributed by atoms with Crippen LogP contribution >= 0.6 is 0 Å². The maximum absolute atomic E-state index is 12.2. The van der Waals surface area contributed by atoms with Crippen molar-refractivity contribution in [1.29, 1.82) is 0 Å². The van der Waals surface area contributed by atoms with Crippen LogP contribution in [-0.2, 0) is 10.0 Å². The summed E-state index contributed by atoms with van der Waals surface area (Å²) in [5, 5.41) is 8.80. The number of rotatable bonds is 5. The topological polar surface area (TPSA) is 112 Å². The molecule has 8 heteroatoms. The van der Waals surface area contributed by atoms with Gasteiger partial charge in [0.25, 0.3) is 0 Å². The number of nitrogens with one attached hydrogen (secondary N) is 2. The molecule has 7 nitrogen and oxygen atoms in total. The molecule has 0 radical (unpaired) electrons. The molecule has 1 atom stereocenters. The largest absolute Gasteiger partial charge is 0.477 e. The zero-order valence-electron chi connectivity index (χ0n) is 11.8. The lowest BCUT2D eigenvalue weighted by atomic mass is 10.1. The minimum Gasteiger partial charge on any atom is -0.477 e. The Morgan fingerprint density at radius 2 is 2.05 bits per heavy atom. The monoisotopic (exact) mass is 312 g/mol. The molecule has 0 spiro atoms. The molecule has 1 unspecified atom stereocenters. The first-order valence-electron chi connectivity index (χ1n) is 6.21. The molecule has 0 aliphatic heterocycles. The van der Waals surface area contributed by atoms with Gasteiger partial charge < -0.3 is 14.5 Å². The number of sulfonamides is 1. The van der Waals surface area contributed by atoms with Crippen LogP contribution in [-0.4, -0.2) is 24.5 Å². The summed E-state index contributed by atoms with van der Waals surface area (Å²) in [5.41, 5.74) is 0.559. The van der Waals surface area contributed by atoms with Crippen molar-refractivity contribution in [2.75, 3.05) is 0 Å². The normalized spacial score (nSPS) is 13.3. The summed E-state index contributed by atoms with van der Waals surface area (Å²) in [4.78, 5) is 13.1. The van der Waals surface area contributed by atoms with Crippen molar-refractivity contribution >= 4 is 16.0 Å². The zero-order valence-corrected chi connectivity index (χ0v) is 12.6. The van der Waals surface area contributed by atoms with Gasteiger partial charge in [-0.25, -0.2) is 17.9 Å². The zero-order chi connectivity index (χ0) is 15.8. The molecule has 0 bridgehead atoms. The van der Waals surface area contributed by atoms with Crippen LogP contribution in [0, 0.1) is 13.8 Å². The van der Waals surface area contributed by atoms with E-state index in [1.165, 1.54) is 0 Å². The summed E-state index contributed by atoms with van der Waals surface area (Å²) in [5.74, 6) is 0.122. The van der Waals surface area contributed by atoms with Gasteiger partial charge >= 0.3 is 5.97 Å². The minimum absolute atomic E-state index is 0.121. The average molecular weight is 312 g/mol. The van der Waals surface area contributed by atoms with Gasteiger partial charge in [-0.2, -0.15) is 0 Å². The summed E-state index contributed by atoms with van der Waals surface area (Å²) in [6, 6.07) is 2.35. The van der Waals surface area contributed by atoms with E-state index >= 15 is 0 Å². The molecule has 2 rings (SSSR count). The van der Waals surface area contributed by atoms with E-state index in [2.05, 4.69) is 9.71 Å². The predicted octanol–water partition coefficient (Wildman–Crippen LogP) is 1.96. The fraction of sp³-hybridized carbons (Fsp3) is 0.308. The van der Waals surface area contributed by atoms with Crippen molar-refractivity contribution in [3.05, 3.63) is 41.1 Å². The van der Waals surface area contributed by atoms with Gasteiger partial charge in [0.1, 0.15) is 22.1 Å². The molecular formula is C13H16N2O5S. The summed E-state index contributed by atoms with van der Waals surface area (Å²) in [6.45, 7) is 5.23. The van der Waals surface area contributed by atoms with Crippen molar-refractivity contribution in [2.45, 2.75) is 31.7 Å². The molecule has 0 aliphatic carbocycles. The fourth-order valence-electron chi connectivity index (χ4n) is 2.10. The van der Waals surface area contributed by atoms with Gasteiger partial charge in [-0.3, -0.25) is 0 Å². The molecule has 3 N–H and O–H groups in total. The predicted molar refractivity (Wildman–Crippen MR) is 74.7 cm³/mol. The Morgan fingerprint density at radius 3 is 2.52 bits per heavy atom. The number of carbonyl (C=O) groups is 1. The lowest BCUT2D eigenvalue weighted by molar-refractivity contribution is 0.0691. The number of aromatic amines is 1. The molecule has 2 aromatic rings. The lowest BCUT2D eigenvalue weighted by Crippen LogP contribution is -2.26. The average Bonchev–Trinajstić information content (AvgIpc) is 2.95. The molecule has 2 aromatic heterocycles. The molecule has 0 amide bonds. The van der Waals surface area contributed by atoms with E-state index in [1.54, 1.807) is 26.8 Å². The van der Waals surface area contributed by atoms with E-state index in [0.29, 0.717) is 11.5 Å². The molecule has 2 heterocycles. The van der Waals surface area contributed by atoms with Crippen LogP contribution in [0.2, 0.25) is 0 Å². The highest BCUT2D eigenvalue weighted by atomic mass is 32.2. The number of carboxylic acid groups (broad SMARTS) is 1. The summed E-state index contributed by atoms with van der Waals surface area (Å²) in [6.07, 6.45) is 1.14. The van der Waals surface area contributed by atoms with Crippen molar-refractivity contribution in [1.82, 2.24) is 9.71 Å². The summed E-state index contributed by atoms with van der Waals surface area (Å²) < 4.78 is 32.3. The Hall–Kier alpha value is -2.06. The van der Waals surface area contributed by atoms with E-state index in [0.717, 1.165) is 17.8 Å². The van der Waals surface area contributed by atoms with Crippen LogP contribution in [0.4, 0.5) is 0 Å². The van der Waals surface area contributed by atoms with Gasteiger partial charge in [-0.15, -0.1) is 0 Å². The maximum Gasteiger partial charge on any atom is 0.352 e. The second kappa shape index (κ2) is 5.38. The molecule has 114 valence electrons. The Kier molecular flexibility index (Phi) is 3.93. The second-order valence-electron chi connectivity index (χ2n) is 4.77. The van der Waals surface area contributed by atoms with E-state index < -0.39 is 22.0 Å². The van der Waals surface area contributed by atoms with Crippen LogP contribution in [0.1, 0.15) is 40.5 Å². The van der Waals surface area contributed by atoms with Gasteiger partial charge in [-0.05, 0) is 32.9 Å². The van der Waals surface area contributed by atoms with E-state index in [4.69, 9.17) is 9.52 Å². The van der Waals surface area contributed by atoms with Gasteiger partial charge in [0.05, 0.1) is 0 Å². The van der Waals surface area contributed by atoms with Crippen molar-refractivity contribution < 1.29 is 22.7 Å². The number of H-pyrrole nitrogens is 1. The van der Waals surface area contributed by atoms with Crippen LogP contribution < -0.4 is 4.72 Å². The van der Waals surface area contributed by atoms with Crippen LogP contribution in [0.25, 0.3) is 0 Å². The van der Waals surface area contributed by atoms with Crippen LogP contribution in [0.15, 0.2) is 27.6 Å². The highest BCUT2D eigenvalue weighted by Gasteiger charge is 2.23. The SMILES string of the molecule is Cc1cc(C(C)NS(=O)(=O)c2c[nH]c(C(=O)O)c2)c(C)o1. The first kappa shape index (κ1) is 15.3. The number of aromatic nitrogens is 1. The van der Waals surface area contributed by atoms with Gasteiger partial charge in [0, 0.05) is 17.8 Å². The Balaban J connectivity index is 2.24.